The maximum atomic E-state index is 13.2. The summed E-state index contributed by atoms with van der Waals surface area (Å²) in [5.41, 5.74) is 7.01. The first-order chi connectivity index (χ1) is 15.6. The van der Waals surface area contributed by atoms with Gasteiger partial charge in [-0.05, 0) is 56.7 Å². The molecule has 33 heavy (non-hydrogen) atoms. The summed E-state index contributed by atoms with van der Waals surface area (Å²) in [6.07, 6.45) is 0. The number of nitrogens with zero attached hydrogens (tertiary/aromatic N) is 2. The third kappa shape index (κ3) is 6.66. The van der Waals surface area contributed by atoms with Crippen LogP contribution in [0.25, 0.3) is 0 Å². The zero-order valence-electron chi connectivity index (χ0n) is 19.1. The molecule has 0 aliphatic carbocycles. The first-order valence-corrected chi connectivity index (χ1v) is 11.3. The Bertz CT molecular complexity index is 986. The van der Waals surface area contributed by atoms with E-state index in [1.807, 2.05) is 11.8 Å². The molecule has 0 unspecified atom stereocenters. The van der Waals surface area contributed by atoms with E-state index in [4.69, 9.17) is 22.1 Å². The third-order valence-electron chi connectivity index (χ3n) is 5.70. The Labute approximate surface area is 198 Å². The van der Waals surface area contributed by atoms with Gasteiger partial charge in [-0.1, -0.05) is 23.7 Å². The molecular formula is C24H30ClFN4O3. The lowest BCUT2D eigenvalue weighted by molar-refractivity contribution is -0.139. The minimum absolute atomic E-state index is 0.0137. The van der Waals surface area contributed by atoms with Gasteiger partial charge in [-0.3, -0.25) is 14.5 Å². The topological polar surface area (TPSA) is 87.9 Å². The van der Waals surface area contributed by atoms with Crippen LogP contribution in [-0.2, 0) is 16.1 Å². The van der Waals surface area contributed by atoms with Gasteiger partial charge in [0.05, 0.1) is 11.7 Å². The fourth-order valence-electron chi connectivity index (χ4n) is 3.79. The van der Waals surface area contributed by atoms with E-state index in [-0.39, 0.29) is 36.3 Å². The molecule has 0 spiro atoms. The standard InChI is InChI=1S/C24H30ClFN4O3/c1-15-12-30(16(2)11-29(15)13-18-4-7-20(26)8-5-18)23(31)14-33-22-9-6-19(25)10-21(22)28-24(32)17(3)27/h4-10,15-17H,11-14,27H2,1-3H3,(H,28,32)/t15-,16+,17+/m1/s1. The van der Waals surface area contributed by atoms with Crippen LogP contribution in [0.5, 0.6) is 5.75 Å². The van der Waals surface area contributed by atoms with Gasteiger partial charge in [-0.25, -0.2) is 4.39 Å². The molecule has 0 radical (unpaired) electrons. The second-order valence-electron chi connectivity index (χ2n) is 8.51. The van der Waals surface area contributed by atoms with Gasteiger partial charge in [-0.2, -0.15) is 0 Å². The molecule has 2 aromatic carbocycles. The van der Waals surface area contributed by atoms with Crippen molar-refractivity contribution in [3.05, 3.63) is 58.9 Å². The summed E-state index contributed by atoms with van der Waals surface area (Å²) in [7, 11) is 0. The number of halogens is 2. The van der Waals surface area contributed by atoms with Crippen molar-refractivity contribution in [2.75, 3.05) is 25.0 Å². The van der Waals surface area contributed by atoms with E-state index in [0.717, 1.165) is 5.56 Å². The number of nitrogens with one attached hydrogen (secondary N) is 1. The average Bonchev–Trinajstić information content (AvgIpc) is 2.76. The van der Waals surface area contributed by atoms with Crippen molar-refractivity contribution in [2.24, 2.45) is 5.73 Å². The summed E-state index contributed by atoms with van der Waals surface area (Å²) in [5.74, 6) is -0.433. The van der Waals surface area contributed by atoms with E-state index >= 15 is 0 Å². The van der Waals surface area contributed by atoms with Crippen LogP contribution in [0.15, 0.2) is 42.5 Å². The van der Waals surface area contributed by atoms with Crippen LogP contribution in [0.4, 0.5) is 10.1 Å². The molecule has 1 aliphatic heterocycles. The summed E-state index contributed by atoms with van der Waals surface area (Å²) >= 11 is 6.04. The highest BCUT2D eigenvalue weighted by Gasteiger charge is 2.32. The van der Waals surface area contributed by atoms with Gasteiger partial charge in [0.2, 0.25) is 5.91 Å². The number of anilines is 1. The summed E-state index contributed by atoms with van der Waals surface area (Å²) in [5, 5.41) is 3.10. The van der Waals surface area contributed by atoms with Crippen LogP contribution in [0.3, 0.4) is 0 Å². The summed E-state index contributed by atoms with van der Waals surface area (Å²) < 4.78 is 18.9. The number of nitrogens with two attached hydrogens (primary N) is 1. The number of carbonyl (C=O) groups excluding carboxylic acids is 2. The van der Waals surface area contributed by atoms with E-state index in [1.165, 1.54) is 12.1 Å². The number of carbonyl (C=O) groups is 2. The van der Waals surface area contributed by atoms with Crippen LogP contribution >= 0.6 is 11.6 Å². The molecule has 3 rings (SSSR count). The Kier molecular flexibility index (Phi) is 8.29. The molecule has 178 valence electrons. The fraction of sp³-hybridized carbons (Fsp3) is 0.417. The molecule has 2 amide bonds. The summed E-state index contributed by atoms with van der Waals surface area (Å²) in [6, 6.07) is 10.7. The predicted molar refractivity (Wildman–Crippen MR) is 127 cm³/mol. The molecule has 2 aromatic rings. The van der Waals surface area contributed by atoms with Crippen molar-refractivity contribution in [2.45, 2.75) is 45.4 Å². The minimum Gasteiger partial charge on any atom is -0.482 e. The highest BCUT2D eigenvalue weighted by molar-refractivity contribution is 6.31. The van der Waals surface area contributed by atoms with Gasteiger partial charge in [0, 0.05) is 36.7 Å². The SMILES string of the molecule is C[C@H](N)C(=O)Nc1cc(Cl)ccc1OCC(=O)N1C[C@@H](C)N(Cc2ccc(F)cc2)C[C@@H]1C. The maximum absolute atomic E-state index is 13.2. The number of piperazine rings is 1. The normalized spacial score (nSPS) is 19.8. The number of benzene rings is 2. The molecule has 0 saturated carbocycles. The second-order valence-corrected chi connectivity index (χ2v) is 8.94. The Morgan fingerprint density at radius 2 is 1.88 bits per heavy atom. The molecule has 0 bridgehead atoms. The molecule has 1 heterocycles. The zero-order chi connectivity index (χ0) is 24.1. The molecule has 1 aliphatic rings. The number of amides is 2. The highest BCUT2D eigenvalue weighted by atomic mass is 35.5. The van der Waals surface area contributed by atoms with Crippen molar-refractivity contribution in [3.8, 4) is 5.75 Å². The van der Waals surface area contributed by atoms with Gasteiger partial charge < -0.3 is 20.7 Å². The average molecular weight is 477 g/mol. The Balaban J connectivity index is 1.60. The fourth-order valence-corrected chi connectivity index (χ4v) is 3.96. The van der Waals surface area contributed by atoms with Crippen molar-refractivity contribution in [3.63, 3.8) is 0 Å². The number of hydrogen-bond donors (Lipinski definition) is 2. The molecule has 7 nitrogen and oxygen atoms in total. The van der Waals surface area contributed by atoms with Crippen LogP contribution in [-0.4, -0.2) is 59.4 Å². The van der Waals surface area contributed by atoms with E-state index in [1.54, 1.807) is 37.3 Å². The second kappa shape index (κ2) is 11.0. The van der Waals surface area contributed by atoms with Gasteiger partial charge in [0.1, 0.15) is 11.6 Å². The van der Waals surface area contributed by atoms with E-state index in [2.05, 4.69) is 17.1 Å². The Morgan fingerprint density at radius 1 is 1.18 bits per heavy atom. The minimum atomic E-state index is -0.702. The summed E-state index contributed by atoms with van der Waals surface area (Å²) in [4.78, 5) is 29.0. The van der Waals surface area contributed by atoms with Crippen molar-refractivity contribution in [1.82, 2.24) is 9.80 Å². The number of ether oxygens (including phenoxy) is 1. The molecule has 0 aromatic heterocycles. The monoisotopic (exact) mass is 476 g/mol. The van der Waals surface area contributed by atoms with Crippen molar-refractivity contribution in [1.29, 1.82) is 0 Å². The first-order valence-electron chi connectivity index (χ1n) is 10.9. The predicted octanol–water partition coefficient (Wildman–Crippen LogP) is 3.27. The van der Waals surface area contributed by atoms with E-state index < -0.39 is 6.04 Å². The third-order valence-corrected chi connectivity index (χ3v) is 5.93. The summed E-state index contributed by atoms with van der Waals surface area (Å²) in [6.45, 7) is 7.41. The smallest absolute Gasteiger partial charge is 0.260 e. The lowest BCUT2D eigenvalue weighted by Crippen LogP contribution is -2.58. The molecule has 9 heteroatoms. The van der Waals surface area contributed by atoms with Crippen LogP contribution in [0.1, 0.15) is 26.3 Å². The van der Waals surface area contributed by atoms with Crippen molar-refractivity contribution < 1.29 is 18.7 Å². The first kappa shape index (κ1) is 25.0. The Morgan fingerprint density at radius 3 is 2.55 bits per heavy atom. The van der Waals surface area contributed by atoms with Gasteiger partial charge in [0.15, 0.2) is 6.61 Å². The van der Waals surface area contributed by atoms with Crippen LogP contribution in [0.2, 0.25) is 5.02 Å². The molecule has 3 N–H and O–H groups in total. The highest BCUT2D eigenvalue weighted by Crippen LogP contribution is 2.28. The van der Waals surface area contributed by atoms with Crippen LogP contribution < -0.4 is 15.8 Å². The van der Waals surface area contributed by atoms with Gasteiger partial charge in [0.25, 0.3) is 5.91 Å². The zero-order valence-corrected chi connectivity index (χ0v) is 19.8. The molecule has 3 atom stereocenters. The maximum Gasteiger partial charge on any atom is 0.260 e. The van der Waals surface area contributed by atoms with E-state index in [0.29, 0.717) is 36.1 Å². The largest absolute Gasteiger partial charge is 0.482 e. The quantitative estimate of drug-likeness (QED) is 0.640. The van der Waals surface area contributed by atoms with Crippen molar-refractivity contribution >= 4 is 29.1 Å². The Hall–Kier alpha value is -2.68. The number of rotatable bonds is 7. The molecule has 1 fully saturated rings. The lowest BCUT2D eigenvalue weighted by Gasteiger charge is -2.44. The van der Waals surface area contributed by atoms with Crippen LogP contribution in [0, 0.1) is 5.82 Å². The lowest BCUT2D eigenvalue weighted by atomic mass is 10.1. The van der Waals surface area contributed by atoms with E-state index in [9.17, 15) is 14.0 Å². The molecule has 1 saturated heterocycles. The van der Waals surface area contributed by atoms with Gasteiger partial charge in [-0.15, -0.1) is 0 Å². The van der Waals surface area contributed by atoms with Gasteiger partial charge >= 0.3 is 0 Å². The number of hydrogen-bond acceptors (Lipinski definition) is 5. The molecular weight excluding hydrogens is 447 g/mol.